The van der Waals surface area contributed by atoms with Crippen molar-refractivity contribution in [2.75, 3.05) is 6.61 Å². The maximum Gasteiger partial charge on any atom is 0.193 e. The van der Waals surface area contributed by atoms with Gasteiger partial charge in [0.1, 0.15) is 12.8 Å². The van der Waals surface area contributed by atoms with Gasteiger partial charge in [-0.3, -0.25) is 9.59 Å². The van der Waals surface area contributed by atoms with E-state index in [1.54, 1.807) is 13.8 Å². The van der Waals surface area contributed by atoms with E-state index >= 15 is 8.78 Å². The summed E-state index contributed by atoms with van der Waals surface area (Å²) in [6.45, 7) is 6.93. The van der Waals surface area contributed by atoms with Gasteiger partial charge in [-0.25, -0.2) is 8.78 Å². The number of Topliss-reactive ketones (excluding diaryl/α,β-unsaturated/α-hetero) is 1. The number of hydrogen-bond donors (Lipinski definition) is 2. The van der Waals surface area contributed by atoms with Crippen LogP contribution in [0.2, 0.25) is 0 Å². The number of aliphatic hydroxyl groups excluding tert-OH is 2. The number of allylic oxidation sites excluding steroid dienone is 4. The zero-order valence-corrected chi connectivity index (χ0v) is 27.4. The lowest BCUT2D eigenvalue weighted by atomic mass is 9.44. The average Bonchev–Trinajstić information content (AvgIpc) is 3.53. The molecule has 1 aliphatic heterocycles. The van der Waals surface area contributed by atoms with Crippen LogP contribution in [0.15, 0.2) is 72.3 Å². The van der Waals surface area contributed by atoms with Gasteiger partial charge in [-0.2, -0.15) is 0 Å². The fourth-order valence-electron chi connectivity index (χ4n) is 10.1. The summed E-state index contributed by atoms with van der Waals surface area (Å²) < 4.78 is 46.5. The van der Waals surface area contributed by atoms with Crippen LogP contribution in [0.5, 0.6) is 0 Å². The zero-order valence-electron chi connectivity index (χ0n) is 27.4. The largest absolute Gasteiger partial charge is 0.390 e. The molecule has 4 fully saturated rings. The first-order valence-corrected chi connectivity index (χ1v) is 16.9. The molecule has 1 saturated heterocycles. The molecule has 0 aromatic heterocycles. The Labute approximate surface area is 282 Å². The van der Waals surface area contributed by atoms with Crippen molar-refractivity contribution in [2.24, 2.45) is 28.6 Å². The summed E-state index contributed by atoms with van der Waals surface area (Å²) in [5, 5.41) is 21.9. The van der Waals surface area contributed by atoms with E-state index in [1.807, 2.05) is 24.3 Å². The molecular weight excluding hydrogens is 614 g/mol. The van der Waals surface area contributed by atoms with Crippen LogP contribution in [0.1, 0.15) is 82.9 Å². The third kappa shape index (κ3) is 4.84. The summed E-state index contributed by atoms with van der Waals surface area (Å²) in [5.41, 5.74) is -2.24. The van der Waals surface area contributed by atoms with E-state index in [9.17, 15) is 19.8 Å². The number of halogens is 2. The van der Waals surface area contributed by atoms with E-state index in [0.29, 0.717) is 11.5 Å². The SMILES string of the molecule is C.CC(C)Cc1cccc(Cc2ccc([C@@H]3O[C@@H]4C[C@H]5[C@@H]6C[C@H](F)C7=CC(=O)C=C[C@]7(C)[C@@]6(F)[C@@H](O)C[C@]5(C)[C@]4(C(=O)CO)O3)cc2)c1. The number of ether oxygens (including phenoxy) is 2. The van der Waals surface area contributed by atoms with Crippen LogP contribution >= 0.6 is 0 Å². The predicted molar refractivity (Wildman–Crippen MR) is 179 cm³/mol. The Kier molecular flexibility index (Phi) is 8.76. The quantitative estimate of drug-likeness (QED) is 0.341. The summed E-state index contributed by atoms with van der Waals surface area (Å²) in [4.78, 5) is 25.9. The summed E-state index contributed by atoms with van der Waals surface area (Å²) in [7, 11) is 0. The number of aliphatic hydroxyl groups is 2. The Morgan fingerprint density at radius 1 is 1.04 bits per heavy atom. The highest BCUT2D eigenvalue weighted by molar-refractivity contribution is 6.01. The standard InChI is InChI=1S/C39H44F2O6.CH4/c1-22(2)14-24-6-5-7-25(16-24)15-23-8-10-26(11-9-23)35-46-34-19-28-29-18-31(40)30-17-27(43)12-13-36(30,3)38(29,41)32(44)20-37(28,4)39(34,47-35)33(45)21-42;/h5-13,16-17,22,28-29,31-32,34-35,42,44H,14-15,18-21H2,1-4H3;1H4/t28-,29-,31-,32-,34+,35+,36-,37-,38-,39+;/m0./s1. The number of rotatable bonds is 7. The molecule has 4 aliphatic carbocycles. The Balaban J connectivity index is 0.00000401. The van der Waals surface area contributed by atoms with Crippen molar-refractivity contribution >= 4 is 11.6 Å². The van der Waals surface area contributed by atoms with Crippen molar-refractivity contribution in [3.63, 3.8) is 0 Å². The van der Waals surface area contributed by atoms with Crippen LogP contribution in [0, 0.1) is 28.6 Å². The van der Waals surface area contributed by atoms with Crippen LogP contribution in [-0.2, 0) is 31.9 Å². The number of ketones is 2. The molecule has 0 radical (unpaired) electrons. The normalized spacial score (nSPS) is 39.6. The van der Waals surface area contributed by atoms with Crippen LogP contribution in [0.3, 0.4) is 0 Å². The van der Waals surface area contributed by atoms with Crippen LogP contribution < -0.4 is 0 Å². The van der Waals surface area contributed by atoms with Crippen molar-refractivity contribution in [1.29, 1.82) is 0 Å². The number of hydrogen-bond acceptors (Lipinski definition) is 6. The Bertz CT molecular complexity index is 1650. The van der Waals surface area contributed by atoms with E-state index in [4.69, 9.17) is 9.47 Å². The third-order valence-electron chi connectivity index (χ3n) is 12.2. The van der Waals surface area contributed by atoms with Crippen molar-refractivity contribution in [3.8, 4) is 0 Å². The van der Waals surface area contributed by atoms with Gasteiger partial charge in [-0.05, 0) is 85.3 Å². The highest BCUT2D eigenvalue weighted by atomic mass is 19.1. The van der Waals surface area contributed by atoms with Gasteiger partial charge in [0.15, 0.2) is 29.1 Å². The molecule has 48 heavy (non-hydrogen) atoms. The lowest BCUT2D eigenvalue weighted by Gasteiger charge is -2.63. The number of carbonyl (C=O) groups excluding carboxylic acids is 2. The first-order valence-electron chi connectivity index (χ1n) is 16.9. The van der Waals surface area contributed by atoms with Gasteiger partial charge >= 0.3 is 0 Å². The second-order valence-corrected chi connectivity index (χ2v) is 15.3. The summed E-state index contributed by atoms with van der Waals surface area (Å²) in [5.74, 6) is -1.99. The highest BCUT2D eigenvalue weighted by Crippen LogP contribution is 2.72. The fraction of sp³-hybridized carbons (Fsp3) is 0.550. The minimum atomic E-state index is -2.28. The number of benzene rings is 2. The van der Waals surface area contributed by atoms with Gasteiger partial charge in [0.25, 0.3) is 0 Å². The minimum Gasteiger partial charge on any atom is -0.390 e. The van der Waals surface area contributed by atoms with E-state index in [2.05, 4.69) is 38.1 Å². The molecule has 1 heterocycles. The van der Waals surface area contributed by atoms with Gasteiger partial charge in [-0.1, -0.05) is 82.8 Å². The maximum atomic E-state index is 17.6. The smallest absolute Gasteiger partial charge is 0.193 e. The monoisotopic (exact) mass is 662 g/mol. The minimum absolute atomic E-state index is 0. The van der Waals surface area contributed by atoms with Crippen molar-refractivity contribution in [2.45, 2.75) is 103 Å². The lowest BCUT2D eigenvalue weighted by Crippen LogP contribution is -2.70. The molecule has 0 unspecified atom stereocenters. The highest BCUT2D eigenvalue weighted by Gasteiger charge is 2.80. The van der Waals surface area contributed by atoms with Gasteiger partial charge in [-0.15, -0.1) is 0 Å². The van der Waals surface area contributed by atoms with Gasteiger partial charge < -0.3 is 19.7 Å². The molecule has 3 saturated carbocycles. The van der Waals surface area contributed by atoms with Crippen molar-refractivity contribution in [3.05, 3.63) is 94.6 Å². The molecule has 2 N–H and O–H groups in total. The van der Waals surface area contributed by atoms with Crippen LogP contribution in [0.25, 0.3) is 0 Å². The molecule has 2 aromatic carbocycles. The molecule has 5 aliphatic rings. The molecule has 0 spiro atoms. The molecule has 6 nitrogen and oxygen atoms in total. The summed E-state index contributed by atoms with van der Waals surface area (Å²) in [6, 6.07) is 16.4. The fourth-order valence-corrected chi connectivity index (χ4v) is 10.1. The third-order valence-corrected chi connectivity index (χ3v) is 12.2. The molecule has 0 bridgehead atoms. The zero-order chi connectivity index (χ0) is 33.5. The summed E-state index contributed by atoms with van der Waals surface area (Å²) in [6.07, 6.45) is 0.477. The molecule has 2 aromatic rings. The number of alkyl halides is 2. The van der Waals surface area contributed by atoms with E-state index < -0.39 is 76.8 Å². The Hall–Kier alpha value is -3.04. The molecule has 7 rings (SSSR count). The van der Waals surface area contributed by atoms with Gasteiger partial charge in [0.05, 0.1) is 12.2 Å². The Morgan fingerprint density at radius 2 is 1.75 bits per heavy atom. The second kappa shape index (κ2) is 12.1. The van der Waals surface area contributed by atoms with E-state index in [0.717, 1.165) is 24.5 Å². The van der Waals surface area contributed by atoms with Crippen LogP contribution in [0.4, 0.5) is 8.78 Å². The number of fused-ring (bicyclic) bond motifs is 7. The first-order chi connectivity index (χ1) is 22.3. The van der Waals surface area contributed by atoms with E-state index in [-0.39, 0.29) is 32.3 Å². The molecule has 0 amide bonds. The molecule has 8 heteroatoms. The molecular formula is C40H48F2O6. The van der Waals surface area contributed by atoms with Crippen molar-refractivity contribution < 1.29 is 38.1 Å². The van der Waals surface area contributed by atoms with Gasteiger partial charge in [0.2, 0.25) is 0 Å². The van der Waals surface area contributed by atoms with Crippen LogP contribution in [-0.4, -0.2) is 58.0 Å². The topological polar surface area (TPSA) is 93.1 Å². The maximum absolute atomic E-state index is 17.6. The second-order valence-electron chi connectivity index (χ2n) is 15.3. The summed E-state index contributed by atoms with van der Waals surface area (Å²) >= 11 is 0. The van der Waals surface area contributed by atoms with Gasteiger partial charge in [0, 0.05) is 22.3 Å². The Morgan fingerprint density at radius 3 is 2.44 bits per heavy atom. The first kappa shape index (κ1) is 34.8. The van der Waals surface area contributed by atoms with Crippen molar-refractivity contribution in [1.82, 2.24) is 0 Å². The average molecular weight is 663 g/mol. The molecule has 10 atom stereocenters. The van der Waals surface area contributed by atoms with E-state index in [1.165, 1.54) is 23.3 Å². The lowest BCUT2D eigenvalue weighted by molar-refractivity contribution is -0.235. The molecule has 258 valence electrons. The number of carbonyl (C=O) groups is 2. The predicted octanol–water partition coefficient (Wildman–Crippen LogP) is 6.75.